The van der Waals surface area contributed by atoms with Crippen LogP contribution >= 0.6 is 11.3 Å². The van der Waals surface area contributed by atoms with Gasteiger partial charge in [0.2, 0.25) is 5.91 Å². The molecule has 0 aliphatic rings. The molecule has 0 bridgehead atoms. The summed E-state index contributed by atoms with van der Waals surface area (Å²) in [5.74, 6) is -2.60. The highest BCUT2D eigenvalue weighted by atomic mass is 32.1. The molecule has 0 saturated heterocycles. The second-order valence-corrected chi connectivity index (χ2v) is 6.52. The highest BCUT2D eigenvalue weighted by molar-refractivity contribution is 7.11. The SMILES string of the molecule is Cc1ncc(CNC(=O)C(C(=O)O)C(C)(C)C)s1. The van der Waals surface area contributed by atoms with Crippen LogP contribution in [-0.4, -0.2) is 22.0 Å². The van der Waals surface area contributed by atoms with Gasteiger partial charge in [0, 0.05) is 11.1 Å². The summed E-state index contributed by atoms with van der Waals surface area (Å²) in [5.41, 5.74) is -0.612. The number of nitrogens with one attached hydrogen (secondary N) is 1. The molecular weight excluding hydrogens is 252 g/mol. The Kier molecular flexibility index (Phi) is 4.45. The molecule has 18 heavy (non-hydrogen) atoms. The van der Waals surface area contributed by atoms with E-state index >= 15 is 0 Å². The molecule has 5 nitrogen and oxygen atoms in total. The first-order valence-corrected chi connectivity index (χ1v) is 6.45. The Morgan fingerprint density at radius 2 is 2.11 bits per heavy atom. The van der Waals surface area contributed by atoms with Crippen LogP contribution in [0.2, 0.25) is 0 Å². The van der Waals surface area contributed by atoms with Crippen molar-refractivity contribution >= 4 is 23.2 Å². The predicted molar refractivity (Wildman–Crippen MR) is 69.3 cm³/mol. The number of rotatable bonds is 4. The van der Waals surface area contributed by atoms with Crippen LogP contribution in [0.5, 0.6) is 0 Å². The van der Waals surface area contributed by atoms with Crippen molar-refractivity contribution < 1.29 is 14.7 Å². The maximum Gasteiger partial charge on any atom is 0.316 e. The summed E-state index contributed by atoms with van der Waals surface area (Å²) in [5, 5.41) is 12.7. The monoisotopic (exact) mass is 270 g/mol. The molecule has 0 radical (unpaired) electrons. The van der Waals surface area contributed by atoms with Crippen molar-refractivity contribution in [3.8, 4) is 0 Å². The Labute approximate surface area is 110 Å². The van der Waals surface area contributed by atoms with Crippen LogP contribution in [0.4, 0.5) is 0 Å². The first-order valence-electron chi connectivity index (χ1n) is 5.63. The van der Waals surface area contributed by atoms with E-state index in [-0.39, 0.29) is 0 Å². The molecule has 6 heteroatoms. The third-order valence-electron chi connectivity index (χ3n) is 2.48. The number of carbonyl (C=O) groups excluding carboxylic acids is 1. The zero-order valence-corrected chi connectivity index (χ0v) is 11.8. The molecule has 1 amide bonds. The standard InChI is InChI=1S/C12H18N2O3S/c1-7-13-5-8(18-7)6-14-10(15)9(11(16)17)12(2,3)4/h5,9H,6H2,1-4H3,(H,14,15)(H,16,17). The van der Waals surface area contributed by atoms with Gasteiger partial charge in [-0.25, -0.2) is 4.98 Å². The van der Waals surface area contributed by atoms with Crippen molar-refractivity contribution in [2.75, 3.05) is 0 Å². The van der Waals surface area contributed by atoms with Crippen LogP contribution in [0.1, 0.15) is 30.7 Å². The van der Waals surface area contributed by atoms with Crippen LogP contribution in [0, 0.1) is 18.3 Å². The van der Waals surface area contributed by atoms with Crippen LogP contribution in [0.3, 0.4) is 0 Å². The van der Waals surface area contributed by atoms with Crippen molar-refractivity contribution in [1.29, 1.82) is 0 Å². The molecule has 0 aromatic carbocycles. The highest BCUT2D eigenvalue weighted by Crippen LogP contribution is 2.26. The van der Waals surface area contributed by atoms with Gasteiger partial charge >= 0.3 is 5.97 Å². The average molecular weight is 270 g/mol. The van der Waals surface area contributed by atoms with E-state index in [1.807, 2.05) is 6.92 Å². The van der Waals surface area contributed by atoms with Gasteiger partial charge < -0.3 is 10.4 Å². The largest absolute Gasteiger partial charge is 0.481 e. The van der Waals surface area contributed by atoms with E-state index in [9.17, 15) is 9.59 Å². The van der Waals surface area contributed by atoms with Gasteiger partial charge in [-0.2, -0.15) is 0 Å². The number of aryl methyl sites for hydroxylation is 1. The highest BCUT2D eigenvalue weighted by Gasteiger charge is 2.37. The molecule has 0 spiro atoms. The number of amides is 1. The van der Waals surface area contributed by atoms with E-state index in [4.69, 9.17) is 5.11 Å². The number of aromatic nitrogens is 1. The van der Waals surface area contributed by atoms with Crippen molar-refractivity contribution in [2.45, 2.75) is 34.2 Å². The summed E-state index contributed by atoms with van der Waals surface area (Å²) in [7, 11) is 0. The molecule has 1 rings (SSSR count). The van der Waals surface area contributed by atoms with E-state index in [0.717, 1.165) is 9.88 Å². The van der Waals surface area contributed by atoms with Crippen LogP contribution < -0.4 is 5.32 Å². The zero-order valence-electron chi connectivity index (χ0n) is 11.0. The number of hydrogen-bond donors (Lipinski definition) is 2. The summed E-state index contributed by atoms with van der Waals surface area (Å²) < 4.78 is 0. The average Bonchev–Trinajstić information content (AvgIpc) is 2.58. The van der Waals surface area contributed by atoms with E-state index < -0.39 is 23.2 Å². The van der Waals surface area contributed by atoms with Crippen molar-refractivity contribution in [2.24, 2.45) is 11.3 Å². The molecule has 0 aliphatic carbocycles. The molecule has 0 saturated carbocycles. The Hall–Kier alpha value is -1.43. The number of thiazole rings is 1. The van der Waals surface area contributed by atoms with Gasteiger partial charge in [0.05, 0.1) is 11.6 Å². The Morgan fingerprint density at radius 1 is 1.50 bits per heavy atom. The van der Waals surface area contributed by atoms with Gasteiger partial charge in [-0.15, -0.1) is 11.3 Å². The molecule has 2 N–H and O–H groups in total. The summed E-state index contributed by atoms with van der Waals surface area (Å²) in [6, 6.07) is 0. The maximum absolute atomic E-state index is 11.9. The van der Waals surface area contributed by atoms with Crippen LogP contribution in [-0.2, 0) is 16.1 Å². The number of hydrogen-bond acceptors (Lipinski definition) is 4. The molecule has 1 unspecified atom stereocenters. The summed E-state index contributed by atoms with van der Waals surface area (Å²) >= 11 is 1.48. The molecule has 0 aliphatic heterocycles. The molecular formula is C12H18N2O3S. The molecule has 1 aromatic heterocycles. The Bertz CT molecular complexity index is 448. The topological polar surface area (TPSA) is 79.3 Å². The molecule has 0 fully saturated rings. The fourth-order valence-electron chi connectivity index (χ4n) is 1.64. The van der Waals surface area contributed by atoms with Crippen molar-refractivity contribution in [3.63, 3.8) is 0 Å². The Morgan fingerprint density at radius 3 is 2.50 bits per heavy atom. The van der Waals surface area contributed by atoms with E-state index in [0.29, 0.717) is 6.54 Å². The number of nitrogens with zero attached hydrogens (tertiary/aromatic N) is 1. The fourth-order valence-corrected chi connectivity index (χ4v) is 2.37. The number of carbonyl (C=O) groups is 2. The van der Waals surface area contributed by atoms with E-state index in [1.54, 1.807) is 27.0 Å². The first kappa shape index (κ1) is 14.6. The second-order valence-electron chi connectivity index (χ2n) is 5.20. The van der Waals surface area contributed by atoms with Crippen LogP contribution in [0.15, 0.2) is 6.20 Å². The lowest BCUT2D eigenvalue weighted by atomic mass is 9.80. The lowest BCUT2D eigenvalue weighted by Crippen LogP contribution is -2.42. The smallest absolute Gasteiger partial charge is 0.316 e. The maximum atomic E-state index is 11.9. The van der Waals surface area contributed by atoms with Crippen LogP contribution in [0.25, 0.3) is 0 Å². The molecule has 1 aromatic rings. The second kappa shape index (κ2) is 5.48. The molecule has 100 valence electrons. The van der Waals surface area contributed by atoms with Gasteiger partial charge in [0.15, 0.2) is 0 Å². The quantitative estimate of drug-likeness (QED) is 0.818. The summed E-state index contributed by atoms with van der Waals surface area (Å²) in [6.45, 7) is 7.42. The molecule has 1 heterocycles. The number of carboxylic acid groups (broad SMARTS) is 1. The van der Waals surface area contributed by atoms with E-state index in [1.165, 1.54) is 11.3 Å². The Balaban J connectivity index is 2.66. The lowest BCUT2D eigenvalue weighted by Gasteiger charge is -2.25. The van der Waals surface area contributed by atoms with Gasteiger partial charge in [0.1, 0.15) is 5.92 Å². The minimum atomic E-state index is -1.10. The summed E-state index contributed by atoms with van der Waals surface area (Å²) in [4.78, 5) is 28.0. The van der Waals surface area contributed by atoms with Gasteiger partial charge in [-0.3, -0.25) is 9.59 Å². The summed E-state index contributed by atoms with van der Waals surface area (Å²) in [6.07, 6.45) is 1.69. The minimum Gasteiger partial charge on any atom is -0.481 e. The minimum absolute atomic E-state index is 0.324. The number of aliphatic carboxylic acids is 1. The zero-order chi connectivity index (χ0) is 13.9. The van der Waals surface area contributed by atoms with Gasteiger partial charge in [-0.1, -0.05) is 20.8 Å². The van der Waals surface area contributed by atoms with Crippen molar-refractivity contribution in [1.82, 2.24) is 10.3 Å². The first-order chi connectivity index (χ1) is 8.21. The third-order valence-corrected chi connectivity index (χ3v) is 3.39. The van der Waals surface area contributed by atoms with E-state index in [2.05, 4.69) is 10.3 Å². The third kappa shape index (κ3) is 3.80. The fraction of sp³-hybridized carbons (Fsp3) is 0.583. The van der Waals surface area contributed by atoms with Gasteiger partial charge in [0.25, 0.3) is 0 Å². The lowest BCUT2D eigenvalue weighted by molar-refractivity contribution is -0.151. The predicted octanol–water partition coefficient (Wildman–Crippen LogP) is 1.81. The van der Waals surface area contributed by atoms with Gasteiger partial charge in [-0.05, 0) is 12.3 Å². The number of carboxylic acids is 1. The normalized spacial score (nSPS) is 13.1. The van der Waals surface area contributed by atoms with Crippen molar-refractivity contribution in [3.05, 3.63) is 16.1 Å². The molecule has 1 atom stereocenters.